The van der Waals surface area contributed by atoms with Crippen LogP contribution >= 0.6 is 0 Å². The van der Waals surface area contributed by atoms with Gasteiger partial charge in [0.05, 0.1) is 7.11 Å². The van der Waals surface area contributed by atoms with E-state index in [1.54, 1.807) is 7.11 Å². The van der Waals surface area contributed by atoms with Gasteiger partial charge in [0.25, 0.3) is 0 Å². The van der Waals surface area contributed by atoms with Crippen LogP contribution in [0.4, 0.5) is 0 Å². The molecule has 19 heavy (non-hydrogen) atoms. The molecule has 2 rings (SSSR count). The highest BCUT2D eigenvalue weighted by Crippen LogP contribution is 2.25. The molecule has 1 fully saturated rings. The summed E-state index contributed by atoms with van der Waals surface area (Å²) >= 11 is 0. The summed E-state index contributed by atoms with van der Waals surface area (Å²) < 4.78 is 5.20. The van der Waals surface area contributed by atoms with Crippen molar-refractivity contribution in [1.82, 2.24) is 0 Å². The zero-order valence-corrected chi connectivity index (χ0v) is 12.1. The Labute approximate surface area is 117 Å². The SMILES string of the molecule is CC[C@@H](C#CC1CCCCC1)c1ccc(OC)cc1. The van der Waals surface area contributed by atoms with Crippen molar-refractivity contribution in [3.05, 3.63) is 29.8 Å². The first-order valence-electron chi connectivity index (χ1n) is 7.48. The van der Waals surface area contributed by atoms with Crippen molar-refractivity contribution in [1.29, 1.82) is 0 Å². The summed E-state index contributed by atoms with van der Waals surface area (Å²) in [6.45, 7) is 2.21. The Bertz CT molecular complexity index is 429. The monoisotopic (exact) mass is 256 g/mol. The Morgan fingerprint density at radius 2 is 1.84 bits per heavy atom. The molecule has 1 heteroatoms. The largest absolute Gasteiger partial charge is 0.497 e. The molecule has 0 aliphatic heterocycles. The number of rotatable bonds is 3. The molecule has 0 spiro atoms. The number of ether oxygens (including phenoxy) is 1. The fourth-order valence-corrected chi connectivity index (χ4v) is 2.72. The molecule has 1 aliphatic carbocycles. The second-order valence-electron chi connectivity index (χ2n) is 5.36. The van der Waals surface area contributed by atoms with E-state index in [0.717, 1.165) is 12.2 Å². The van der Waals surface area contributed by atoms with E-state index < -0.39 is 0 Å². The summed E-state index contributed by atoms with van der Waals surface area (Å²) in [5.74, 6) is 8.94. The van der Waals surface area contributed by atoms with Crippen LogP contribution in [0, 0.1) is 17.8 Å². The topological polar surface area (TPSA) is 9.23 Å². The van der Waals surface area contributed by atoms with Gasteiger partial charge in [-0.05, 0) is 37.0 Å². The van der Waals surface area contributed by atoms with Crippen LogP contribution in [0.2, 0.25) is 0 Å². The minimum absolute atomic E-state index is 0.368. The molecule has 0 N–H and O–H groups in total. The first kappa shape index (κ1) is 14.0. The lowest BCUT2D eigenvalue weighted by atomic mass is 9.88. The van der Waals surface area contributed by atoms with Crippen molar-refractivity contribution in [3.63, 3.8) is 0 Å². The molecular weight excluding hydrogens is 232 g/mol. The lowest BCUT2D eigenvalue weighted by molar-refractivity contribution is 0.414. The molecule has 0 unspecified atom stereocenters. The number of hydrogen-bond donors (Lipinski definition) is 0. The van der Waals surface area contributed by atoms with E-state index in [2.05, 4.69) is 30.9 Å². The minimum atomic E-state index is 0.368. The highest BCUT2D eigenvalue weighted by Gasteiger charge is 2.11. The lowest BCUT2D eigenvalue weighted by Gasteiger charge is -2.16. The Hall–Kier alpha value is -1.42. The molecular formula is C18H24O. The van der Waals surface area contributed by atoms with E-state index in [4.69, 9.17) is 4.74 Å². The van der Waals surface area contributed by atoms with Gasteiger partial charge in [-0.15, -0.1) is 0 Å². The summed E-state index contributed by atoms with van der Waals surface area (Å²) in [7, 11) is 1.70. The molecule has 0 saturated heterocycles. The van der Waals surface area contributed by atoms with Gasteiger partial charge in [-0.1, -0.05) is 50.2 Å². The van der Waals surface area contributed by atoms with Crippen molar-refractivity contribution in [2.24, 2.45) is 5.92 Å². The predicted octanol–water partition coefficient (Wildman–Crippen LogP) is 4.77. The summed E-state index contributed by atoms with van der Waals surface area (Å²) in [6, 6.07) is 8.34. The van der Waals surface area contributed by atoms with E-state index in [0.29, 0.717) is 11.8 Å². The summed E-state index contributed by atoms with van der Waals surface area (Å²) in [5.41, 5.74) is 1.31. The molecule has 1 aromatic rings. The van der Waals surface area contributed by atoms with Crippen LogP contribution in [0.25, 0.3) is 0 Å². The van der Waals surface area contributed by atoms with Crippen molar-refractivity contribution in [2.75, 3.05) is 7.11 Å². The van der Waals surface area contributed by atoms with Gasteiger partial charge in [-0.25, -0.2) is 0 Å². The fraction of sp³-hybridized carbons (Fsp3) is 0.556. The highest BCUT2D eigenvalue weighted by molar-refractivity contribution is 5.33. The van der Waals surface area contributed by atoms with Gasteiger partial charge >= 0.3 is 0 Å². The van der Waals surface area contributed by atoms with Gasteiger partial charge in [-0.2, -0.15) is 0 Å². The lowest BCUT2D eigenvalue weighted by Crippen LogP contribution is -2.04. The standard InChI is InChI=1S/C18H24O/c1-3-16(10-9-15-7-5-4-6-8-15)17-11-13-18(19-2)14-12-17/h11-16H,3-8H2,1-2H3/t16-/m0/s1. The summed E-state index contributed by atoms with van der Waals surface area (Å²) in [6.07, 6.45) is 7.79. The van der Waals surface area contributed by atoms with Gasteiger partial charge in [0.2, 0.25) is 0 Å². The third kappa shape index (κ3) is 4.03. The van der Waals surface area contributed by atoms with Gasteiger partial charge < -0.3 is 4.74 Å². The quantitative estimate of drug-likeness (QED) is 0.708. The maximum Gasteiger partial charge on any atom is 0.118 e. The maximum absolute atomic E-state index is 5.20. The smallest absolute Gasteiger partial charge is 0.118 e. The average molecular weight is 256 g/mol. The van der Waals surface area contributed by atoms with E-state index in [-0.39, 0.29) is 0 Å². The Morgan fingerprint density at radius 1 is 1.16 bits per heavy atom. The first-order chi connectivity index (χ1) is 9.33. The molecule has 0 bridgehead atoms. The van der Waals surface area contributed by atoms with Gasteiger partial charge in [0.1, 0.15) is 5.75 Å². The molecule has 1 nitrogen and oxygen atoms in total. The van der Waals surface area contributed by atoms with Gasteiger partial charge in [-0.3, -0.25) is 0 Å². The predicted molar refractivity (Wildman–Crippen MR) is 80.4 cm³/mol. The molecule has 1 aromatic carbocycles. The summed E-state index contributed by atoms with van der Waals surface area (Å²) in [4.78, 5) is 0. The van der Waals surface area contributed by atoms with Crippen molar-refractivity contribution in [3.8, 4) is 17.6 Å². The van der Waals surface area contributed by atoms with Crippen LogP contribution in [0.5, 0.6) is 5.75 Å². The van der Waals surface area contributed by atoms with Gasteiger partial charge in [0, 0.05) is 11.8 Å². The zero-order chi connectivity index (χ0) is 13.5. The van der Waals surface area contributed by atoms with Crippen LogP contribution in [0.15, 0.2) is 24.3 Å². The Morgan fingerprint density at radius 3 is 2.42 bits per heavy atom. The second-order valence-corrected chi connectivity index (χ2v) is 5.36. The molecule has 0 amide bonds. The van der Waals surface area contributed by atoms with E-state index in [1.165, 1.54) is 37.7 Å². The van der Waals surface area contributed by atoms with Crippen LogP contribution in [-0.2, 0) is 0 Å². The number of methoxy groups -OCH3 is 1. The molecule has 1 aliphatic rings. The minimum Gasteiger partial charge on any atom is -0.497 e. The van der Waals surface area contributed by atoms with Crippen LogP contribution in [-0.4, -0.2) is 7.11 Å². The summed E-state index contributed by atoms with van der Waals surface area (Å²) in [5, 5.41) is 0. The maximum atomic E-state index is 5.20. The zero-order valence-electron chi connectivity index (χ0n) is 12.1. The molecule has 1 atom stereocenters. The first-order valence-corrected chi connectivity index (χ1v) is 7.48. The Balaban J connectivity index is 2.04. The van der Waals surface area contributed by atoms with Crippen molar-refractivity contribution < 1.29 is 4.74 Å². The van der Waals surface area contributed by atoms with E-state index in [9.17, 15) is 0 Å². The van der Waals surface area contributed by atoms with Crippen molar-refractivity contribution in [2.45, 2.75) is 51.4 Å². The molecule has 0 heterocycles. The van der Waals surface area contributed by atoms with E-state index in [1.807, 2.05) is 12.1 Å². The van der Waals surface area contributed by atoms with Crippen LogP contribution in [0.1, 0.15) is 56.9 Å². The average Bonchev–Trinajstić information content (AvgIpc) is 2.49. The highest BCUT2D eigenvalue weighted by atomic mass is 16.5. The third-order valence-corrected chi connectivity index (χ3v) is 3.99. The normalized spacial score (nSPS) is 17.4. The van der Waals surface area contributed by atoms with Crippen LogP contribution < -0.4 is 4.74 Å². The molecule has 1 saturated carbocycles. The Kier molecular flexibility index (Phi) is 5.33. The van der Waals surface area contributed by atoms with E-state index >= 15 is 0 Å². The van der Waals surface area contributed by atoms with Crippen LogP contribution in [0.3, 0.4) is 0 Å². The second kappa shape index (κ2) is 7.24. The van der Waals surface area contributed by atoms with Crippen molar-refractivity contribution >= 4 is 0 Å². The molecule has 0 radical (unpaired) electrons. The number of hydrogen-bond acceptors (Lipinski definition) is 1. The number of benzene rings is 1. The molecule has 102 valence electrons. The fourth-order valence-electron chi connectivity index (χ4n) is 2.72. The van der Waals surface area contributed by atoms with Gasteiger partial charge in [0.15, 0.2) is 0 Å². The third-order valence-electron chi connectivity index (χ3n) is 3.99. The molecule has 0 aromatic heterocycles.